The summed E-state index contributed by atoms with van der Waals surface area (Å²) in [5, 5.41) is 2.78. The van der Waals surface area contributed by atoms with Gasteiger partial charge in [-0.3, -0.25) is 0 Å². The lowest BCUT2D eigenvalue weighted by Crippen LogP contribution is -2.47. The molecule has 0 aliphatic heterocycles. The molecule has 0 bridgehead atoms. The van der Waals surface area contributed by atoms with Crippen LogP contribution in [0.2, 0.25) is 0 Å². The number of benzene rings is 1. The Morgan fingerprint density at radius 3 is 2.52 bits per heavy atom. The maximum atomic E-state index is 11.7. The molecule has 0 saturated heterocycles. The molecule has 0 saturated carbocycles. The second-order valence-corrected chi connectivity index (χ2v) is 6.17. The van der Waals surface area contributed by atoms with Crippen molar-refractivity contribution >= 4 is 11.8 Å². The van der Waals surface area contributed by atoms with Crippen LogP contribution in [0, 0.1) is 6.92 Å². The molecule has 21 heavy (non-hydrogen) atoms. The van der Waals surface area contributed by atoms with Gasteiger partial charge in [-0.05, 0) is 39.3 Å². The van der Waals surface area contributed by atoms with Crippen molar-refractivity contribution in [1.29, 1.82) is 0 Å². The summed E-state index contributed by atoms with van der Waals surface area (Å²) in [5.74, 6) is 0. The summed E-state index contributed by atoms with van der Waals surface area (Å²) >= 11 is 0. The van der Waals surface area contributed by atoms with Crippen LogP contribution in [0.15, 0.2) is 24.3 Å². The molecular formula is C16H27N3O2. The lowest BCUT2D eigenvalue weighted by molar-refractivity contribution is 0.0525. The highest BCUT2D eigenvalue weighted by Crippen LogP contribution is 2.19. The summed E-state index contributed by atoms with van der Waals surface area (Å²) in [6.45, 7) is 8.46. The van der Waals surface area contributed by atoms with Gasteiger partial charge in [0, 0.05) is 25.8 Å². The van der Waals surface area contributed by atoms with Crippen LogP contribution in [-0.4, -0.2) is 37.9 Å². The Bertz CT molecular complexity index is 469. The van der Waals surface area contributed by atoms with Gasteiger partial charge in [-0.2, -0.15) is 0 Å². The number of nitrogens with two attached hydrogens (primary N) is 1. The van der Waals surface area contributed by atoms with E-state index in [9.17, 15) is 4.79 Å². The van der Waals surface area contributed by atoms with E-state index in [2.05, 4.69) is 23.2 Å². The van der Waals surface area contributed by atoms with E-state index in [1.807, 2.05) is 46.0 Å². The maximum Gasteiger partial charge on any atom is 0.407 e. The van der Waals surface area contributed by atoms with Gasteiger partial charge in [0.2, 0.25) is 0 Å². The minimum absolute atomic E-state index is 0.0126. The van der Waals surface area contributed by atoms with Gasteiger partial charge in [0.25, 0.3) is 0 Å². The highest BCUT2D eigenvalue weighted by Gasteiger charge is 2.19. The van der Waals surface area contributed by atoms with Crippen molar-refractivity contribution in [2.45, 2.75) is 39.3 Å². The number of carbonyl (C=O) groups excluding carboxylic acids is 1. The summed E-state index contributed by atoms with van der Waals surface area (Å²) in [6, 6.07) is 8.11. The lowest BCUT2D eigenvalue weighted by atomic mass is 10.1. The van der Waals surface area contributed by atoms with Crippen molar-refractivity contribution < 1.29 is 9.53 Å². The van der Waals surface area contributed by atoms with Crippen LogP contribution in [0.3, 0.4) is 0 Å². The molecule has 0 heterocycles. The second-order valence-electron chi connectivity index (χ2n) is 6.17. The number of ether oxygens (including phenoxy) is 1. The molecule has 0 radical (unpaired) electrons. The van der Waals surface area contributed by atoms with Crippen molar-refractivity contribution in [2.24, 2.45) is 5.73 Å². The Kier molecular flexibility index (Phi) is 6.03. The standard InChI is InChI=1S/C16H27N3O2/c1-12-8-6-7-9-14(12)19(5)13(10-17)11-18-15(20)21-16(2,3)4/h6-9,13H,10-11,17H2,1-5H3,(H,18,20). The van der Waals surface area contributed by atoms with Gasteiger partial charge in [0.05, 0.1) is 6.04 Å². The first-order valence-electron chi connectivity index (χ1n) is 7.20. The highest BCUT2D eigenvalue weighted by molar-refractivity contribution is 5.67. The van der Waals surface area contributed by atoms with E-state index in [-0.39, 0.29) is 6.04 Å². The number of rotatable bonds is 5. The summed E-state index contributed by atoms with van der Waals surface area (Å²) in [7, 11) is 1.98. The third kappa shape index (κ3) is 5.63. The fraction of sp³-hybridized carbons (Fsp3) is 0.562. The number of alkyl carbamates (subject to hydrolysis) is 1. The normalized spacial score (nSPS) is 12.7. The monoisotopic (exact) mass is 293 g/mol. The van der Waals surface area contributed by atoms with Crippen molar-refractivity contribution in [1.82, 2.24) is 5.32 Å². The van der Waals surface area contributed by atoms with Crippen molar-refractivity contribution in [2.75, 3.05) is 25.0 Å². The Labute approximate surface area is 127 Å². The number of para-hydroxylation sites is 1. The molecule has 0 aromatic heterocycles. The fourth-order valence-corrected chi connectivity index (χ4v) is 2.05. The van der Waals surface area contributed by atoms with Crippen LogP contribution in [-0.2, 0) is 4.74 Å². The van der Waals surface area contributed by atoms with Crippen LogP contribution < -0.4 is 16.0 Å². The summed E-state index contributed by atoms with van der Waals surface area (Å²) < 4.78 is 5.23. The van der Waals surface area contributed by atoms with E-state index in [1.54, 1.807) is 0 Å². The maximum absolute atomic E-state index is 11.7. The highest BCUT2D eigenvalue weighted by atomic mass is 16.6. The van der Waals surface area contributed by atoms with Crippen molar-refractivity contribution in [3.05, 3.63) is 29.8 Å². The predicted octanol–water partition coefficient (Wildman–Crippen LogP) is 2.28. The number of carbonyl (C=O) groups is 1. The van der Waals surface area contributed by atoms with Crippen LogP contribution in [0.25, 0.3) is 0 Å². The van der Waals surface area contributed by atoms with Crippen LogP contribution in [0.1, 0.15) is 26.3 Å². The molecule has 0 fully saturated rings. The summed E-state index contributed by atoms with van der Waals surface area (Å²) in [6.07, 6.45) is -0.417. The first kappa shape index (κ1) is 17.3. The van der Waals surface area contributed by atoms with Gasteiger partial charge >= 0.3 is 6.09 Å². The number of hydrogen-bond donors (Lipinski definition) is 2. The zero-order valence-electron chi connectivity index (χ0n) is 13.6. The molecule has 118 valence electrons. The van der Waals surface area contributed by atoms with Gasteiger partial charge in [-0.15, -0.1) is 0 Å². The molecule has 0 aliphatic rings. The van der Waals surface area contributed by atoms with Gasteiger partial charge in [-0.25, -0.2) is 4.79 Å². The molecule has 1 rings (SSSR count). The molecule has 5 heteroatoms. The van der Waals surface area contributed by atoms with Gasteiger partial charge in [0.15, 0.2) is 0 Å². The first-order valence-corrected chi connectivity index (χ1v) is 7.20. The molecule has 1 atom stereocenters. The third-order valence-electron chi connectivity index (χ3n) is 3.20. The predicted molar refractivity (Wildman–Crippen MR) is 86.7 cm³/mol. The second kappa shape index (κ2) is 7.31. The Morgan fingerprint density at radius 1 is 1.38 bits per heavy atom. The summed E-state index contributed by atoms with van der Waals surface area (Å²) in [4.78, 5) is 13.8. The molecule has 1 unspecified atom stereocenters. The van der Waals surface area contributed by atoms with E-state index < -0.39 is 11.7 Å². The van der Waals surface area contributed by atoms with E-state index in [0.717, 1.165) is 5.69 Å². The molecule has 1 aromatic rings. The number of nitrogens with zero attached hydrogens (tertiary/aromatic N) is 1. The van der Waals surface area contributed by atoms with Crippen molar-refractivity contribution in [3.8, 4) is 0 Å². The van der Waals surface area contributed by atoms with Crippen LogP contribution in [0.5, 0.6) is 0 Å². The molecule has 1 amide bonds. The SMILES string of the molecule is Cc1ccccc1N(C)C(CN)CNC(=O)OC(C)(C)C. The lowest BCUT2D eigenvalue weighted by Gasteiger charge is -2.31. The number of nitrogens with one attached hydrogen (secondary N) is 1. The number of likely N-dealkylation sites (N-methyl/N-ethyl adjacent to an activating group) is 1. The molecule has 1 aromatic carbocycles. The quantitative estimate of drug-likeness (QED) is 0.874. The number of anilines is 1. The zero-order chi connectivity index (χ0) is 16.0. The van der Waals surface area contributed by atoms with Crippen LogP contribution >= 0.6 is 0 Å². The van der Waals surface area contributed by atoms with Gasteiger partial charge in [-0.1, -0.05) is 18.2 Å². The number of amides is 1. The molecule has 0 spiro atoms. The van der Waals surface area contributed by atoms with Gasteiger partial charge < -0.3 is 20.7 Å². The minimum atomic E-state index is -0.496. The van der Waals surface area contributed by atoms with E-state index in [0.29, 0.717) is 13.1 Å². The largest absolute Gasteiger partial charge is 0.444 e. The Balaban J connectivity index is 2.63. The molecule has 3 N–H and O–H groups in total. The Morgan fingerprint density at radius 2 is 2.00 bits per heavy atom. The number of aryl methyl sites for hydroxylation is 1. The van der Waals surface area contributed by atoms with Crippen molar-refractivity contribution in [3.63, 3.8) is 0 Å². The smallest absolute Gasteiger partial charge is 0.407 e. The summed E-state index contributed by atoms with van der Waals surface area (Å²) in [5.41, 5.74) is 7.63. The minimum Gasteiger partial charge on any atom is -0.444 e. The van der Waals surface area contributed by atoms with E-state index >= 15 is 0 Å². The number of hydrogen-bond acceptors (Lipinski definition) is 4. The van der Waals surface area contributed by atoms with Gasteiger partial charge in [0.1, 0.15) is 5.60 Å². The average Bonchev–Trinajstić information content (AvgIpc) is 2.37. The van der Waals surface area contributed by atoms with E-state index in [4.69, 9.17) is 10.5 Å². The van der Waals surface area contributed by atoms with E-state index in [1.165, 1.54) is 5.56 Å². The third-order valence-corrected chi connectivity index (χ3v) is 3.20. The zero-order valence-corrected chi connectivity index (χ0v) is 13.6. The first-order chi connectivity index (χ1) is 9.74. The fourth-order valence-electron chi connectivity index (χ4n) is 2.05. The Hall–Kier alpha value is -1.75. The molecular weight excluding hydrogens is 266 g/mol. The molecule has 5 nitrogen and oxygen atoms in total. The molecule has 0 aliphatic carbocycles. The average molecular weight is 293 g/mol. The van der Waals surface area contributed by atoms with Crippen LogP contribution in [0.4, 0.5) is 10.5 Å². The topological polar surface area (TPSA) is 67.6 Å².